The highest BCUT2D eigenvalue weighted by Gasteiger charge is 2.11. The molecule has 0 amide bonds. The van der Waals surface area contributed by atoms with E-state index in [9.17, 15) is 9.50 Å². The van der Waals surface area contributed by atoms with Crippen molar-refractivity contribution in [2.75, 3.05) is 0 Å². The van der Waals surface area contributed by atoms with Crippen LogP contribution in [0.4, 0.5) is 4.39 Å². The van der Waals surface area contributed by atoms with Gasteiger partial charge in [-0.15, -0.1) is 0 Å². The van der Waals surface area contributed by atoms with Crippen LogP contribution in [-0.4, -0.2) is 11.2 Å². The molecule has 0 saturated heterocycles. The maximum absolute atomic E-state index is 13.2. The molecule has 20 heavy (non-hydrogen) atoms. The second-order valence-electron chi connectivity index (χ2n) is 5.23. The van der Waals surface area contributed by atoms with Crippen LogP contribution in [0.25, 0.3) is 0 Å². The average Bonchev–Trinajstić information content (AvgIpc) is 2.38. The Balaban J connectivity index is 2.10. The van der Waals surface area contributed by atoms with Gasteiger partial charge in [0, 0.05) is 4.47 Å². The fraction of sp³-hybridized carbons (Fsp3) is 0.294. The van der Waals surface area contributed by atoms with Crippen LogP contribution in [0, 0.1) is 19.7 Å². The fourth-order valence-corrected chi connectivity index (χ4v) is 2.71. The van der Waals surface area contributed by atoms with E-state index in [0.29, 0.717) is 12.8 Å². The van der Waals surface area contributed by atoms with E-state index in [1.165, 1.54) is 23.3 Å². The molecule has 0 bridgehead atoms. The van der Waals surface area contributed by atoms with Crippen molar-refractivity contribution in [3.05, 3.63) is 68.9 Å². The quantitative estimate of drug-likeness (QED) is 0.879. The van der Waals surface area contributed by atoms with Crippen molar-refractivity contribution in [1.82, 2.24) is 0 Å². The van der Waals surface area contributed by atoms with Gasteiger partial charge < -0.3 is 5.11 Å². The van der Waals surface area contributed by atoms with Gasteiger partial charge in [-0.2, -0.15) is 0 Å². The summed E-state index contributed by atoms with van der Waals surface area (Å²) in [5, 5.41) is 10.2. The monoisotopic (exact) mass is 336 g/mol. The van der Waals surface area contributed by atoms with Crippen molar-refractivity contribution >= 4 is 15.9 Å². The minimum absolute atomic E-state index is 0.276. The highest BCUT2D eigenvalue weighted by molar-refractivity contribution is 9.10. The SMILES string of the molecule is Cc1ccc(C)c(CC(O)Cc2cc(F)ccc2Br)c1. The summed E-state index contributed by atoms with van der Waals surface area (Å²) in [5.41, 5.74) is 4.30. The summed E-state index contributed by atoms with van der Waals surface area (Å²) in [6.07, 6.45) is 0.496. The smallest absolute Gasteiger partial charge is 0.123 e. The van der Waals surface area contributed by atoms with E-state index in [1.807, 2.05) is 13.8 Å². The Labute approximate surface area is 127 Å². The average molecular weight is 337 g/mol. The van der Waals surface area contributed by atoms with Gasteiger partial charge in [0.1, 0.15) is 5.82 Å². The predicted molar refractivity (Wildman–Crippen MR) is 83.4 cm³/mol. The van der Waals surface area contributed by atoms with E-state index in [-0.39, 0.29) is 5.82 Å². The molecule has 0 heterocycles. The highest BCUT2D eigenvalue weighted by atomic mass is 79.9. The van der Waals surface area contributed by atoms with Crippen molar-refractivity contribution in [3.8, 4) is 0 Å². The molecule has 0 fully saturated rings. The second kappa shape index (κ2) is 6.51. The number of hydrogen-bond acceptors (Lipinski definition) is 1. The van der Waals surface area contributed by atoms with E-state index in [1.54, 1.807) is 6.07 Å². The van der Waals surface area contributed by atoms with Crippen molar-refractivity contribution < 1.29 is 9.50 Å². The maximum Gasteiger partial charge on any atom is 0.123 e. The van der Waals surface area contributed by atoms with Crippen LogP contribution in [0.3, 0.4) is 0 Å². The number of aliphatic hydroxyl groups is 1. The van der Waals surface area contributed by atoms with Crippen molar-refractivity contribution in [1.29, 1.82) is 0 Å². The molecule has 1 nitrogen and oxygen atoms in total. The van der Waals surface area contributed by atoms with E-state index >= 15 is 0 Å². The minimum Gasteiger partial charge on any atom is -0.392 e. The molecule has 1 atom stereocenters. The normalized spacial score (nSPS) is 12.4. The molecule has 0 aliphatic heterocycles. The third-order valence-electron chi connectivity index (χ3n) is 3.42. The summed E-state index contributed by atoms with van der Waals surface area (Å²) in [5.74, 6) is -0.276. The number of benzene rings is 2. The first-order chi connectivity index (χ1) is 9.45. The van der Waals surface area contributed by atoms with Crippen LogP contribution >= 0.6 is 15.9 Å². The molecule has 0 spiro atoms. The van der Waals surface area contributed by atoms with Gasteiger partial charge in [0.05, 0.1) is 6.10 Å². The Hall–Kier alpha value is -1.19. The first kappa shape index (κ1) is 15.2. The van der Waals surface area contributed by atoms with Gasteiger partial charge in [-0.25, -0.2) is 4.39 Å². The Morgan fingerprint density at radius 2 is 1.75 bits per heavy atom. The zero-order valence-electron chi connectivity index (χ0n) is 11.7. The number of aryl methyl sites for hydroxylation is 2. The molecule has 2 aromatic carbocycles. The van der Waals surface area contributed by atoms with Gasteiger partial charge >= 0.3 is 0 Å². The molecule has 1 N–H and O–H groups in total. The van der Waals surface area contributed by atoms with Crippen LogP contribution in [-0.2, 0) is 12.8 Å². The standard InChI is InChI=1S/C17H18BrFO/c1-11-3-4-12(2)13(7-11)9-16(20)10-14-8-15(19)5-6-17(14)18/h3-8,16,20H,9-10H2,1-2H3. The van der Waals surface area contributed by atoms with Crippen molar-refractivity contribution in [2.24, 2.45) is 0 Å². The maximum atomic E-state index is 13.2. The minimum atomic E-state index is -0.520. The third kappa shape index (κ3) is 3.90. The molecular formula is C17H18BrFO. The Morgan fingerprint density at radius 3 is 2.50 bits per heavy atom. The van der Waals surface area contributed by atoms with Crippen molar-refractivity contribution in [3.63, 3.8) is 0 Å². The van der Waals surface area contributed by atoms with Gasteiger partial charge in [0.15, 0.2) is 0 Å². The Kier molecular flexibility index (Phi) is 4.95. The topological polar surface area (TPSA) is 20.2 Å². The molecular weight excluding hydrogens is 319 g/mol. The molecule has 0 aliphatic rings. The molecule has 3 heteroatoms. The molecule has 2 rings (SSSR count). The third-order valence-corrected chi connectivity index (χ3v) is 4.20. The van der Waals surface area contributed by atoms with Gasteiger partial charge in [-0.1, -0.05) is 39.7 Å². The predicted octanol–water partition coefficient (Wildman–Crippen LogP) is 4.35. The van der Waals surface area contributed by atoms with E-state index in [2.05, 4.69) is 34.1 Å². The molecule has 0 aromatic heterocycles. The van der Waals surface area contributed by atoms with E-state index < -0.39 is 6.10 Å². The fourth-order valence-electron chi connectivity index (χ4n) is 2.30. The zero-order valence-corrected chi connectivity index (χ0v) is 13.2. The van der Waals surface area contributed by atoms with Gasteiger partial charge in [0.25, 0.3) is 0 Å². The second-order valence-corrected chi connectivity index (χ2v) is 6.08. The van der Waals surface area contributed by atoms with Crippen LogP contribution in [0.2, 0.25) is 0 Å². The summed E-state index contributed by atoms with van der Waals surface area (Å²) in [4.78, 5) is 0. The van der Waals surface area contributed by atoms with Gasteiger partial charge in [-0.05, 0) is 61.6 Å². The van der Waals surface area contributed by atoms with E-state index in [4.69, 9.17) is 0 Å². The van der Waals surface area contributed by atoms with Gasteiger partial charge in [0.2, 0.25) is 0 Å². The molecule has 106 valence electrons. The van der Waals surface area contributed by atoms with Gasteiger partial charge in [-0.3, -0.25) is 0 Å². The van der Waals surface area contributed by atoms with Crippen LogP contribution in [0.5, 0.6) is 0 Å². The van der Waals surface area contributed by atoms with Crippen LogP contribution in [0.1, 0.15) is 22.3 Å². The molecule has 0 radical (unpaired) electrons. The summed E-state index contributed by atoms with van der Waals surface area (Å²) < 4.78 is 14.1. The van der Waals surface area contributed by atoms with E-state index in [0.717, 1.165) is 15.6 Å². The number of halogens is 2. The lowest BCUT2D eigenvalue weighted by molar-refractivity contribution is 0.175. The van der Waals surface area contributed by atoms with Crippen LogP contribution < -0.4 is 0 Å². The first-order valence-electron chi connectivity index (χ1n) is 6.64. The molecule has 0 aliphatic carbocycles. The first-order valence-corrected chi connectivity index (χ1v) is 7.43. The number of rotatable bonds is 4. The highest BCUT2D eigenvalue weighted by Crippen LogP contribution is 2.21. The lowest BCUT2D eigenvalue weighted by atomic mass is 9.97. The van der Waals surface area contributed by atoms with Crippen molar-refractivity contribution in [2.45, 2.75) is 32.8 Å². The Bertz CT molecular complexity index is 556. The summed E-state index contributed by atoms with van der Waals surface area (Å²) in [7, 11) is 0. The number of aliphatic hydroxyl groups excluding tert-OH is 1. The lowest BCUT2D eigenvalue weighted by Crippen LogP contribution is -2.15. The van der Waals surface area contributed by atoms with Crippen LogP contribution in [0.15, 0.2) is 40.9 Å². The summed E-state index contributed by atoms with van der Waals surface area (Å²) >= 11 is 3.39. The summed E-state index contributed by atoms with van der Waals surface area (Å²) in [6.45, 7) is 4.08. The molecule has 2 aromatic rings. The Morgan fingerprint density at radius 1 is 1.05 bits per heavy atom. The summed E-state index contributed by atoms with van der Waals surface area (Å²) in [6, 6.07) is 10.8. The lowest BCUT2D eigenvalue weighted by Gasteiger charge is -2.14. The number of hydrogen-bond donors (Lipinski definition) is 1. The zero-order chi connectivity index (χ0) is 14.7. The largest absolute Gasteiger partial charge is 0.392 e. The molecule has 0 saturated carbocycles. The molecule has 1 unspecified atom stereocenters.